The van der Waals surface area contributed by atoms with Gasteiger partial charge < -0.3 is 10.4 Å². The SMILES string of the molecule is CC(CO)NC(=O)c1cnc(Cc2ccc(F)cc2)s1. The number of hydrogen-bond acceptors (Lipinski definition) is 4. The summed E-state index contributed by atoms with van der Waals surface area (Å²) in [7, 11) is 0. The van der Waals surface area contributed by atoms with Crippen LogP contribution in [0.3, 0.4) is 0 Å². The third kappa shape index (κ3) is 3.85. The van der Waals surface area contributed by atoms with Gasteiger partial charge in [-0.2, -0.15) is 0 Å². The highest BCUT2D eigenvalue weighted by atomic mass is 32.1. The summed E-state index contributed by atoms with van der Waals surface area (Å²) in [6.45, 7) is 1.62. The lowest BCUT2D eigenvalue weighted by Crippen LogP contribution is -2.34. The van der Waals surface area contributed by atoms with Crippen molar-refractivity contribution in [3.05, 3.63) is 51.7 Å². The van der Waals surface area contributed by atoms with E-state index in [0.29, 0.717) is 11.3 Å². The molecule has 0 saturated carbocycles. The standard InChI is InChI=1S/C14H15FN2O2S/c1-9(8-18)17-14(19)12-7-16-13(20-12)6-10-2-4-11(15)5-3-10/h2-5,7,9,18H,6,8H2,1H3,(H,17,19). The van der Waals surface area contributed by atoms with E-state index in [1.54, 1.807) is 19.1 Å². The first-order valence-electron chi connectivity index (χ1n) is 6.19. The molecule has 1 atom stereocenters. The van der Waals surface area contributed by atoms with Crippen LogP contribution in [-0.4, -0.2) is 28.6 Å². The van der Waals surface area contributed by atoms with Crippen LogP contribution in [0, 0.1) is 5.82 Å². The van der Waals surface area contributed by atoms with Gasteiger partial charge in [0, 0.05) is 12.5 Å². The van der Waals surface area contributed by atoms with Crippen LogP contribution >= 0.6 is 11.3 Å². The minimum atomic E-state index is -0.287. The van der Waals surface area contributed by atoms with Crippen LogP contribution in [0.25, 0.3) is 0 Å². The largest absolute Gasteiger partial charge is 0.394 e. The molecular formula is C14H15FN2O2S. The van der Waals surface area contributed by atoms with E-state index in [0.717, 1.165) is 10.6 Å². The van der Waals surface area contributed by atoms with Gasteiger partial charge in [-0.25, -0.2) is 9.37 Å². The number of halogens is 1. The van der Waals surface area contributed by atoms with Gasteiger partial charge in [0.15, 0.2) is 0 Å². The second-order valence-electron chi connectivity index (χ2n) is 4.48. The van der Waals surface area contributed by atoms with Gasteiger partial charge in [-0.1, -0.05) is 12.1 Å². The molecule has 1 heterocycles. The Hall–Kier alpha value is -1.79. The van der Waals surface area contributed by atoms with E-state index >= 15 is 0 Å². The van der Waals surface area contributed by atoms with Crippen molar-refractivity contribution in [3.63, 3.8) is 0 Å². The molecule has 0 aliphatic carbocycles. The number of amides is 1. The number of aliphatic hydroxyl groups excluding tert-OH is 1. The number of nitrogens with zero attached hydrogens (tertiary/aromatic N) is 1. The highest BCUT2D eigenvalue weighted by Crippen LogP contribution is 2.17. The highest BCUT2D eigenvalue weighted by Gasteiger charge is 2.13. The number of nitrogens with one attached hydrogen (secondary N) is 1. The van der Waals surface area contributed by atoms with Crippen LogP contribution in [0.2, 0.25) is 0 Å². The fraction of sp³-hybridized carbons (Fsp3) is 0.286. The van der Waals surface area contributed by atoms with Crippen molar-refractivity contribution in [3.8, 4) is 0 Å². The summed E-state index contributed by atoms with van der Waals surface area (Å²) in [4.78, 5) is 16.5. The third-order valence-electron chi connectivity index (χ3n) is 2.70. The molecule has 2 N–H and O–H groups in total. The van der Waals surface area contributed by atoms with Gasteiger partial charge >= 0.3 is 0 Å². The number of aliphatic hydroxyl groups is 1. The van der Waals surface area contributed by atoms with E-state index in [1.165, 1.54) is 29.7 Å². The zero-order valence-corrected chi connectivity index (χ0v) is 11.8. The number of carbonyl (C=O) groups excluding carboxylic acids is 1. The molecule has 0 fully saturated rings. The third-order valence-corrected chi connectivity index (χ3v) is 3.69. The number of rotatable bonds is 5. The van der Waals surface area contributed by atoms with E-state index in [1.807, 2.05) is 0 Å². The number of hydrogen-bond donors (Lipinski definition) is 2. The predicted molar refractivity (Wildman–Crippen MR) is 75.3 cm³/mol. The first-order chi connectivity index (χ1) is 9.58. The fourth-order valence-electron chi connectivity index (χ4n) is 1.61. The molecule has 2 rings (SSSR count). The highest BCUT2D eigenvalue weighted by molar-refractivity contribution is 7.13. The van der Waals surface area contributed by atoms with Crippen molar-refractivity contribution in [2.45, 2.75) is 19.4 Å². The van der Waals surface area contributed by atoms with Crippen LogP contribution < -0.4 is 5.32 Å². The Morgan fingerprint density at radius 2 is 2.15 bits per heavy atom. The van der Waals surface area contributed by atoms with E-state index in [9.17, 15) is 9.18 Å². The van der Waals surface area contributed by atoms with Crippen molar-refractivity contribution in [1.29, 1.82) is 0 Å². The van der Waals surface area contributed by atoms with E-state index in [2.05, 4.69) is 10.3 Å². The molecular weight excluding hydrogens is 279 g/mol. The molecule has 0 aliphatic rings. The Labute approximate surface area is 120 Å². The molecule has 4 nitrogen and oxygen atoms in total. The molecule has 6 heteroatoms. The summed E-state index contributed by atoms with van der Waals surface area (Å²) in [5, 5.41) is 12.3. The van der Waals surface area contributed by atoms with Gasteiger partial charge in [0.2, 0.25) is 0 Å². The number of carbonyl (C=O) groups is 1. The van der Waals surface area contributed by atoms with Gasteiger partial charge in [0.25, 0.3) is 5.91 Å². The quantitative estimate of drug-likeness (QED) is 0.886. The molecule has 2 aromatic rings. The van der Waals surface area contributed by atoms with E-state index < -0.39 is 0 Å². The first-order valence-corrected chi connectivity index (χ1v) is 7.01. The van der Waals surface area contributed by atoms with E-state index in [-0.39, 0.29) is 24.4 Å². The Balaban J connectivity index is 2.01. The van der Waals surface area contributed by atoms with Gasteiger partial charge in [-0.05, 0) is 24.6 Å². The molecule has 0 bridgehead atoms. The van der Waals surface area contributed by atoms with Crippen LogP contribution in [-0.2, 0) is 6.42 Å². The molecule has 0 saturated heterocycles. The summed E-state index contributed by atoms with van der Waals surface area (Å²) in [6.07, 6.45) is 2.08. The summed E-state index contributed by atoms with van der Waals surface area (Å²) >= 11 is 1.29. The molecule has 1 aromatic carbocycles. The summed E-state index contributed by atoms with van der Waals surface area (Å²) in [5.74, 6) is -0.514. The van der Waals surface area contributed by atoms with Crippen LogP contribution in [0.4, 0.5) is 4.39 Å². The monoisotopic (exact) mass is 294 g/mol. The first kappa shape index (κ1) is 14.6. The van der Waals surface area contributed by atoms with Gasteiger partial charge in [0.1, 0.15) is 10.7 Å². The minimum absolute atomic E-state index is 0.104. The second kappa shape index (κ2) is 6.58. The van der Waals surface area contributed by atoms with Gasteiger partial charge in [-0.3, -0.25) is 4.79 Å². The number of benzene rings is 1. The molecule has 0 spiro atoms. The average molecular weight is 294 g/mol. The van der Waals surface area contributed by atoms with E-state index in [4.69, 9.17) is 5.11 Å². The summed E-state index contributed by atoms with van der Waals surface area (Å²) in [6, 6.07) is 5.92. The van der Waals surface area contributed by atoms with Crippen LogP contribution in [0.5, 0.6) is 0 Å². The lowest BCUT2D eigenvalue weighted by Gasteiger charge is -2.08. The van der Waals surface area contributed by atoms with Crippen LogP contribution in [0.1, 0.15) is 27.2 Å². The molecule has 1 aromatic heterocycles. The minimum Gasteiger partial charge on any atom is -0.394 e. The van der Waals surface area contributed by atoms with Crippen molar-refractivity contribution >= 4 is 17.2 Å². The van der Waals surface area contributed by atoms with Gasteiger partial charge in [-0.15, -0.1) is 11.3 Å². The van der Waals surface area contributed by atoms with Crippen molar-refractivity contribution in [1.82, 2.24) is 10.3 Å². The maximum Gasteiger partial charge on any atom is 0.263 e. The van der Waals surface area contributed by atoms with Gasteiger partial charge in [0.05, 0.1) is 17.8 Å². The molecule has 0 radical (unpaired) electrons. The molecule has 1 amide bonds. The topological polar surface area (TPSA) is 62.2 Å². The number of thiazole rings is 1. The second-order valence-corrected chi connectivity index (χ2v) is 5.59. The molecule has 20 heavy (non-hydrogen) atoms. The molecule has 1 unspecified atom stereocenters. The Kier molecular flexibility index (Phi) is 4.81. The van der Waals surface area contributed by atoms with Crippen LogP contribution in [0.15, 0.2) is 30.5 Å². The lowest BCUT2D eigenvalue weighted by molar-refractivity contribution is 0.0926. The average Bonchev–Trinajstić information content (AvgIpc) is 2.90. The summed E-state index contributed by atoms with van der Waals surface area (Å²) < 4.78 is 12.8. The fourth-order valence-corrected chi connectivity index (χ4v) is 2.47. The normalized spacial score (nSPS) is 12.2. The van der Waals surface area contributed by atoms with Crippen molar-refractivity contribution in [2.24, 2.45) is 0 Å². The Morgan fingerprint density at radius 1 is 1.45 bits per heavy atom. The summed E-state index contributed by atoms with van der Waals surface area (Å²) in [5.41, 5.74) is 0.941. The Bertz CT molecular complexity index is 583. The van der Waals surface area contributed by atoms with Crippen molar-refractivity contribution < 1.29 is 14.3 Å². The zero-order valence-electron chi connectivity index (χ0n) is 11.0. The number of aromatic nitrogens is 1. The maximum atomic E-state index is 12.8. The maximum absolute atomic E-state index is 12.8. The predicted octanol–water partition coefficient (Wildman–Crippen LogP) is 1.98. The smallest absolute Gasteiger partial charge is 0.263 e. The lowest BCUT2D eigenvalue weighted by atomic mass is 10.2. The van der Waals surface area contributed by atoms with Crippen molar-refractivity contribution in [2.75, 3.05) is 6.61 Å². The molecule has 0 aliphatic heterocycles. The Morgan fingerprint density at radius 3 is 2.80 bits per heavy atom. The zero-order chi connectivity index (χ0) is 14.5. The molecule has 106 valence electrons.